The minimum absolute atomic E-state index is 0.176. The van der Waals surface area contributed by atoms with Crippen molar-refractivity contribution in [1.29, 1.82) is 0 Å². The Bertz CT molecular complexity index is 209. The molecule has 0 bridgehead atoms. The van der Waals surface area contributed by atoms with Gasteiger partial charge in [-0.05, 0) is 31.1 Å². The van der Waals surface area contributed by atoms with Crippen molar-refractivity contribution in [2.24, 2.45) is 11.3 Å². The van der Waals surface area contributed by atoms with Gasteiger partial charge in [0, 0.05) is 6.54 Å². The Morgan fingerprint density at radius 1 is 1.43 bits per heavy atom. The molecule has 0 aromatic heterocycles. The van der Waals surface area contributed by atoms with Gasteiger partial charge in [-0.1, -0.05) is 13.8 Å². The summed E-state index contributed by atoms with van der Waals surface area (Å²) < 4.78 is 4.66. The van der Waals surface area contributed by atoms with Gasteiger partial charge in [0.2, 0.25) is 0 Å². The summed E-state index contributed by atoms with van der Waals surface area (Å²) in [5, 5.41) is 3.24. The molecule has 3 nitrogen and oxygen atoms in total. The van der Waals surface area contributed by atoms with Crippen LogP contribution in [0.1, 0.15) is 33.6 Å². The fraction of sp³-hybridized carbons (Fsp3) is 0.909. The molecule has 1 fully saturated rings. The van der Waals surface area contributed by atoms with Gasteiger partial charge in [0.05, 0.1) is 7.11 Å². The summed E-state index contributed by atoms with van der Waals surface area (Å²) in [4.78, 5) is 11.1. The molecule has 0 spiro atoms. The molecule has 3 heteroatoms. The number of rotatable bonds is 5. The minimum atomic E-state index is -0.184. The van der Waals surface area contributed by atoms with Crippen LogP contribution in [0.4, 0.5) is 0 Å². The molecule has 1 atom stereocenters. The van der Waals surface area contributed by atoms with Crippen molar-refractivity contribution in [2.45, 2.75) is 39.7 Å². The van der Waals surface area contributed by atoms with Gasteiger partial charge in [0.15, 0.2) is 0 Å². The van der Waals surface area contributed by atoms with Gasteiger partial charge in [-0.15, -0.1) is 0 Å². The Balaban J connectivity index is 2.30. The lowest BCUT2D eigenvalue weighted by atomic mass is 9.92. The van der Waals surface area contributed by atoms with Gasteiger partial charge in [-0.25, -0.2) is 0 Å². The van der Waals surface area contributed by atoms with Gasteiger partial charge in [-0.3, -0.25) is 4.79 Å². The molecule has 1 aliphatic rings. The Hall–Kier alpha value is -0.570. The predicted octanol–water partition coefficient (Wildman–Crippen LogP) is 1.57. The van der Waals surface area contributed by atoms with E-state index in [0.29, 0.717) is 11.3 Å². The second kappa shape index (κ2) is 4.30. The van der Waals surface area contributed by atoms with E-state index in [9.17, 15) is 4.79 Å². The molecule has 0 aromatic rings. The molecule has 0 heterocycles. The molecule has 1 rings (SSSR count). The number of methoxy groups -OCH3 is 1. The minimum Gasteiger partial charge on any atom is -0.468 e. The smallest absolute Gasteiger partial charge is 0.322 e. The molecule has 82 valence electrons. The molecular weight excluding hydrogens is 178 g/mol. The molecule has 0 aromatic carbocycles. The highest BCUT2D eigenvalue weighted by atomic mass is 16.5. The molecule has 1 unspecified atom stereocenters. The highest BCUT2D eigenvalue weighted by Crippen LogP contribution is 2.51. The fourth-order valence-electron chi connectivity index (χ4n) is 1.74. The quantitative estimate of drug-likeness (QED) is 0.683. The Morgan fingerprint density at radius 3 is 2.36 bits per heavy atom. The van der Waals surface area contributed by atoms with Crippen LogP contribution in [-0.2, 0) is 9.53 Å². The van der Waals surface area contributed by atoms with Gasteiger partial charge < -0.3 is 10.1 Å². The highest BCUT2D eigenvalue weighted by molar-refractivity contribution is 5.75. The van der Waals surface area contributed by atoms with E-state index in [4.69, 9.17) is 0 Å². The van der Waals surface area contributed by atoms with Crippen molar-refractivity contribution in [3.63, 3.8) is 0 Å². The van der Waals surface area contributed by atoms with E-state index in [1.54, 1.807) is 0 Å². The first kappa shape index (κ1) is 11.5. The van der Waals surface area contributed by atoms with Gasteiger partial charge in [-0.2, -0.15) is 0 Å². The molecule has 14 heavy (non-hydrogen) atoms. The van der Waals surface area contributed by atoms with E-state index in [2.05, 4.69) is 23.9 Å². The average Bonchev–Trinajstić information content (AvgIpc) is 2.93. The number of esters is 1. The lowest BCUT2D eigenvalue weighted by Gasteiger charge is -2.22. The van der Waals surface area contributed by atoms with Gasteiger partial charge in [0.25, 0.3) is 0 Å². The van der Waals surface area contributed by atoms with Crippen molar-refractivity contribution < 1.29 is 9.53 Å². The maximum atomic E-state index is 11.1. The Morgan fingerprint density at radius 2 is 2.00 bits per heavy atom. The third-order valence-electron chi connectivity index (χ3n) is 3.43. The molecule has 1 aliphatic carbocycles. The standard InChI is InChI=1S/C11H21NO2/c1-8(2)11(5-6-11)7-12-9(3)10(13)14-4/h8-9,12H,5-7H2,1-4H3. The predicted molar refractivity (Wildman–Crippen MR) is 56.0 cm³/mol. The summed E-state index contributed by atoms with van der Waals surface area (Å²) in [6.07, 6.45) is 2.57. The SMILES string of the molecule is COC(=O)C(C)NCC1(C(C)C)CC1. The van der Waals surface area contributed by atoms with E-state index in [1.807, 2.05) is 6.92 Å². The number of nitrogens with one attached hydrogen (secondary N) is 1. The first-order chi connectivity index (χ1) is 6.52. The zero-order chi connectivity index (χ0) is 10.8. The highest BCUT2D eigenvalue weighted by Gasteiger charge is 2.45. The molecular formula is C11H21NO2. The molecule has 0 amide bonds. The van der Waals surface area contributed by atoms with Crippen molar-refractivity contribution in [3.05, 3.63) is 0 Å². The van der Waals surface area contributed by atoms with Crippen LogP contribution >= 0.6 is 0 Å². The Kier molecular flexibility index (Phi) is 3.53. The third kappa shape index (κ3) is 2.47. The topological polar surface area (TPSA) is 38.3 Å². The zero-order valence-electron chi connectivity index (χ0n) is 9.59. The molecule has 0 aliphatic heterocycles. The molecule has 0 saturated heterocycles. The number of carbonyl (C=O) groups is 1. The summed E-state index contributed by atoms with van der Waals surface area (Å²) in [7, 11) is 1.43. The van der Waals surface area contributed by atoms with Crippen molar-refractivity contribution in [2.75, 3.05) is 13.7 Å². The second-order valence-corrected chi connectivity index (χ2v) is 4.64. The van der Waals surface area contributed by atoms with Crippen molar-refractivity contribution >= 4 is 5.97 Å². The van der Waals surface area contributed by atoms with Crippen LogP contribution in [0.5, 0.6) is 0 Å². The lowest BCUT2D eigenvalue weighted by Crippen LogP contribution is -2.39. The average molecular weight is 199 g/mol. The van der Waals surface area contributed by atoms with E-state index in [1.165, 1.54) is 20.0 Å². The van der Waals surface area contributed by atoms with Crippen LogP contribution in [0.25, 0.3) is 0 Å². The van der Waals surface area contributed by atoms with Crippen LogP contribution in [0.3, 0.4) is 0 Å². The zero-order valence-corrected chi connectivity index (χ0v) is 9.59. The second-order valence-electron chi connectivity index (χ2n) is 4.64. The summed E-state index contributed by atoms with van der Waals surface area (Å²) in [5.74, 6) is 0.518. The lowest BCUT2D eigenvalue weighted by molar-refractivity contribution is -0.142. The summed E-state index contributed by atoms with van der Waals surface area (Å²) in [6, 6.07) is -0.184. The maximum absolute atomic E-state index is 11.1. The van der Waals surface area contributed by atoms with Crippen LogP contribution in [0.2, 0.25) is 0 Å². The largest absolute Gasteiger partial charge is 0.468 e. The number of hydrogen-bond acceptors (Lipinski definition) is 3. The van der Waals surface area contributed by atoms with Crippen LogP contribution < -0.4 is 5.32 Å². The van der Waals surface area contributed by atoms with E-state index in [-0.39, 0.29) is 12.0 Å². The van der Waals surface area contributed by atoms with Crippen molar-refractivity contribution in [3.8, 4) is 0 Å². The summed E-state index contributed by atoms with van der Waals surface area (Å²) in [5.41, 5.74) is 0.447. The summed E-state index contributed by atoms with van der Waals surface area (Å²) in [6.45, 7) is 7.28. The van der Waals surface area contributed by atoms with E-state index in [0.717, 1.165) is 6.54 Å². The normalized spacial score (nSPS) is 20.6. The van der Waals surface area contributed by atoms with Gasteiger partial charge in [0.1, 0.15) is 6.04 Å². The van der Waals surface area contributed by atoms with E-state index >= 15 is 0 Å². The van der Waals surface area contributed by atoms with Crippen molar-refractivity contribution in [1.82, 2.24) is 5.32 Å². The maximum Gasteiger partial charge on any atom is 0.322 e. The fourth-order valence-corrected chi connectivity index (χ4v) is 1.74. The molecule has 0 radical (unpaired) electrons. The number of carbonyl (C=O) groups excluding carboxylic acids is 1. The molecule has 1 N–H and O–H groups in total. The molecule has 1 saturated carbocycles. The van der Waals surface area contributed by atoms with Crippen LogP contribution in [0, 0.1) is 11.3 Å². The number of hydrogen-bond donors (Lipinski definition) is 1. The Labute approximate surface area is 86.2 Å². The summed E-state index contributed by atoms with van der Waals surface area (Å²) >= 11 is 0. The third-order valence-corrected chi connectivity index (χ3v) is 3.43. The first-order valence-corrected chi connectivity index (χ1v) is 5.33. The number of ether oxygens (including phenoxy) is 1. The van der Waals surface area contributed by atoms with E-state index < -0.39 is 0 Å². The van der Waals surface area contributed by atoms with Gasteiger partial charge >= 0.3 is 5.97 Å². The van der Waals surface area contributed by atoms with Crippen LogP contribution in [-0.4, -0.2) is 25.7 Å². The first-order valence-electron chi connectivity index (χ1n) is 5.33. The van der Waals surface area contributed by atoms with Crippen LogP contribution in [0.15, 0.2) is 0 Å². The monoisotopic (exact) mass is 199 g/mol.